The van der Waals surface area contributed by atoms with E-state index < -0.39 is 0 Å². The van der Waals surface area contributed by atoms with E-state index in [-0.39, 0.29) is 23.4 Å². The largest absolute Gasteiger partial charge is 0.497 e. The van der Waals surface area contributed by atoms with E-state index in [1.54, 1.807) is 19.4 Å². The van der Waals surface area contributed by atoms with Gasteiger partial charge in [-0.1, -0.05) is 42.5 Å². The van der Waals surface area contributed by atoms with Crippen molar-refractivity contribution in [2.75, 3.05) is 25.1 Å². The summed E-state index contributed by atoms with van der Waals surface area (Å²) in [6.45, 7) is 3.89. The Morgan fingerprint density at radius 2 is 1.82 bits per heavy atom. The van der Waals surface area contributed by atoms with Gasteiger partial charge < -0.3 is 15.0 Å². The van der Waals surface area contributed by atoms with E-state index in [2.05, 4.69) is 15.3 Å². The molecule has 172 valence electrons. The lowest BCUT2D eigenvalue weighted by atomic mass is 9.95. The average molecular weight is 447 g/mol. The zero-order chi connectivity index (χ0) is 23.2. The molecule has 1 atom stereocenters. The van der Waals surface area contributed by atoms with E-state index in [0.29, 0.717) is 6.54 Å². The van der Waals surface area contributed by atoms with Gasteiger partial charge in [-0.3, -0.25) is 9.59 Å². The summed E-state index contributed by atoms with van der Waals surface area (Å²) in [6, 6.07) is 19.1. The number of hydrogen-bond acceptors (Lipinski definition) is 5. The number of piperidine rings is 1. The van der Waals surface area contributed by atoms with E-state index in [1.807, 2.05) is 61.5 Å². The van der Waals surface area contributed by atoms with Crippen LogP contribution in [0.5, 0.6) is 5.75 Å². The first-order chi connectivity index (χ1) is 16.0. The van der Waals surface area contributed by atoms with Crippen LogP contribution in [0, 0.1) is 5.92 Å². The third-order valence-electron chi connectivity index (χ3n) is 6.24. The number of aromatic nitrogens is 2. The van der Waals surface area contributed by atoms with E-state index in [0.717, 1.165) is 48.5 Å². The molecular weight excluding hydrogens is 416 g/mol. The maximum Gasteiger partial charge on any atom is 0.269 e. The number of amides is 1. The molecule has 1 amide bonds. The Balaban J connectivity index is 1.31. The van der Waals surface area contributed by atoms with Crippen molar-refractivity contribution in [1.82, 2.24) is 15.1 Å². The number of ether oxygens (including phenoxy) is 1. The lowest BCUT2D eigenvalue weighted by Gasteiger charge is -2.33. The first-order valence-electron chi connectivity index (χ1n) is 11.3. The topological polar surface area (TPSA) is 76.5 Å². The summed E-state index contributed by atoms with van der Waals surface area (Å²) < 4.78 is 6.67. The zero-order valence-electron chi connectivity index (χ0n) is 19.1. The SMILES string of the molecule is COc1ccc([C@H](C)NC(=O)C2CCN(c3cnn(Cc4ccccc4)c(=O)c3)CC2)cc1. The summed E-state index contributed by atoms with van der Waals surface area (Å²) in [5, 5.41) is 7.50. The van der Waals surface area contributed by atoms with Gasteiger partial charge in [0.2, 0.25) is 5.91 Å². The van der Waals surface area contributed by atoms with E-state index in [1.165, 1.54) is 4.68 Å². The van der Waals surface area contributed by atoms with E-state index in [4.69, 9.17) is 4.74 Å². The van der Waals surface area contributed by atoms with Gasteiger partial charge in [0.15, 0.2) is 0 Å². The highest BCUT2D eigenvalue weighted by molar-refractivity contribution is 5.79. The summed E-state index contributed by atoms with van der Waals surface area (Å²) in [4.78, 5) is 27.5. The minimum atomic E-state index is -0.121. The molecule has 1 saturated heterocycles. The lowest BCUT2D eigenvalue weighted by Crippen LogP contribution is -2.41. The van der Waals surface area contributed by atoms with E-state index in [9.17, 15) is 9.59 Å². The number of nitrogens with one attached hydrogen (secondary N) is 1. The molecular formula is C26H30N4O3. The van der Waals surface area contributed by atoms with Crippen molar-refractivity contribution in [2.45, 2.75) is 32.4 Å². The molecule has 1 fully saturated rings. The minimum absolute atomic E-state index is 0.0339. The summed E-state index contributed by atoms with van der Waals surface area (Å²) in [6.07, 6.45) is 3.24. The summed E-state index contributed by atoms with van der Waals surface area (Å²) in [5.41, 5.74) is 2.78. The van der Waals surface area contributed by atoms with Gasteiger partial charge >= 0.3 is 0 Å². The normalized spacial score (nSPS) is 15.2. The van der Waals surface area contributed by atoms with E-state index >= 15 is 0 Å². The highest BCUT2D eigenvalue weighted by Gasteiger charge is 2.26. The highest BCUT2D eigenvalue weighted by Crippen LogP contribution is 2.24. The Morgan fingerprint density at radius 1 is 1.12 bits per heavy atom. The maximum atomic E-state index is 12.8. The monoisotopic (exact) mass is 446 g/mol. The van der Waals surface area contributed by atoms with Crippen molar-refractivity contribution >= 4 is 11.6 Å². The number of benzene rings is 2. The number of carbonyl (C=O) groups excluding carboxylic acids is 1. The van der Waals surface area contributed by atoms with Gasteiger partial charge in [0, 0.05) is 25.1 Å². The van der Waals surface area contributed by atoms with Crippen LogP contribution in [0.15, 0.2) is 71.7 Å². The Bertz CT molecular complexity index is 1120. The molecule has 0 radical (unpaired) electrons. The quantitative estimate of drug-likeness (QED) is 0.602. The molecule has 2 aromatic carbocycles. The van der Waals surface area contributed by atoms with Crippen LogP contribution in [0.4, 0.5) is 5.69 Å². The van der Waals surface area contributed by atoms with Crippen molar-refractivity contribution < 1.29 is 9.53 Å². The van der Waals surface area contributed by atoms with Crippen LogP contribution in [0.2, 0.25) is 0 Å². The molecule has 1 aliphatic rings. The molecule has 1 aliphatic heterocycles. The minimum Gasteiger partial charge on any atom is -0.497 e. The van der Waals surface area contributed by atoms with Gasteiger partial charge in [-0.15, -0.1) is 0 Å². The van der Waals surface area contributed by atoms with Gasteiger partial charge in [0.25, 0.3) is 5.56 Å². The van der Waals surface area contributed by atoms with Gasteiger partial charge in [-0.25, -0.2) is 4.68 Å². The Labute approximate surface area is 194 Å². The molecule has 33 heavy (non-hydrogen) atoms. The number of nitrogens with zero attached hydrogens (tertiary/aromatic N) is 3. The average Bonchev–Trinajstić information content (AvgIpc) is 2.86. The molecule has 1 aromatic heterocycles. The first kappa shape index (κ1) is 22.6. The van der Waals surface area contributed by atoms with Gasteiger partial charge in [-0.2, -0.15) is 5.10 Å². The van der Waals surface area contributed by atoms with Crippen molar-refractivity contribution in [2.24, 2.45) is 5.92 Å². The number of rotatable bonds is 7. The van der Waals surface area contributed by atoms with Crippen LogP contribution < -0.4 is 20.5 Å². The van der Waals surface area contributed by atoms with Crippen molar-refractivity contribution in [3.05, 3.63) is 88.3 Å². The van der Waals surface area contributed by atoms with Crippen molar-refractivity contribution in [1.29, 1.82) is 0 Å². The van der Waals surface area contributed by atoms with Gasteiger partial charge in [0.05, 0.1) is 31.6 Å². The van der Waals surface area contributed by atoms with Crippen LogP contribution >= 0.6 is 0 Å². The second-order valence-corrected chi connectivity index (χ2v) is 8.46. The molecule has 2 heterocycles. The second kappa shape index (κ2) is 10.3. The van der Waals surface area contributed by atoms with Gasteiger partial charge in [0.1, 0.15) is 5.75 Å². The fraction of sp³-hybridized carbons (Fsp3) is 0.346. The summed E-state index contributed by atoms with van der Waals surface area (Å²) >= 11 is 0. The Kier molecular flexibility index (Phi) is 7.07. The molecule has 0 aliphatic carbocycles. The summed E-state index contributed by atoms with van der Waals surface area (Å²) in [7, 11) is 1.64. The van der Waals surface area contributed by atoms with Crippen LogP contribution in [0.3, 0.4) is 0 Å². The highest BCUT2D eigenvalue weighted by atomic mass is 16.5. The third kappa shape index (κ3) is 5.61. The van der Waals surface area contributed by atoms with Crippen LogP contribution in [-0.2, 0) is 11.3 Å². The molecule has 0 saturated carbocycles. The predicted molar refractivity (Wildman–Crippen MR) is 129 cm³/mol. The van der Waals surface area contributed by atoms with Crippen LogP contribution in [0.25, 0.3) is 0 Å². The number of anilines is 1. The number of methoxy groups -OCH3 is 1. The van der Waals surface area contributed by atoms with Crippen molar-refractivity contribution in [3.8, 4) is 5.75 Å². The second-order valence-electron chi connectivity index (χ2n) is 8.46. The fourth-order valence-corrected chi connectivity index (χ4v) is 4.18. The Morgan fingerprint density at radius 3 is 2.45 bits per heavy atom. The third-order valence-corrected chi connectivity index (χ3v) is 6.24. The summed E-state index contributed by atoms with van der Waals surface area (Å²) in [5.74, 6) is 0.842. The Hall–Kier alpha value is -3.61. The molecule has 1 N–H and O–H groups in total. The maximum absolute atomic E-state index is 12.8. The number of carbonyl (C=O) groups is 1. The molecule has 0 spiro atoms. The zero-order valence-corrected chi connectivity index (χ0v) is 19.1. The fourth-order valence-electron chi connectivity index (χ4n) is 4.18. The molecule has 0 unspecified atom stereocenters. The number of hydrogen-bond donors (Lipinski definition) is 1. The molecule has 7 nitrogen and oxygen atoms in total. The molecule has 4 rings (SSSR count). The van der Waals surface area contributed by atoms with Crippen LogP contribution in [0.1, 0.15) is 36.9 Å². The first-order valence-corrected chi connectivity index (χ1v) is 11.3. The smallest absolute Gasteiger partial charge is 0.269 e. The molecule has 0 bridgehead atoms. The van der Waals surface area contributed by atoms with Crippen molar-refractivity contribution in [3.63, 3.8) is 0 Å². The predicted octanol–water partition coefficient (Wildman–Crippen LogP) is 3.39. The standard InChI is InChI=1S/C26H30N4O3/c1-19(21-8-10-24(33-2)11-9-21)28-26(32)22-12-14-29(15-13-22)23-16-25(31)30(27-17-23)18-20-6-4-3-5-7-20/h3-11,16-17,19,22H,12-15,18H2,1-2H3,(H,28,32)/t19-/m0/s1. The van der Waals surface area contributed by atoms with Crippen LogP contribution in [-0.4, -0.2) is 35.9 Å². The van der Waals surface area contributed by atoms with Gasteiger partial charge in [-0.05, 0) is 43.0 Å². The molecule has 3 aromatic rings. The lowest BCUT2D eigenvalue weighted by molar-refractivity contribution is -0.126. The molecule has 7 heteroatoms.